The molecule has 0 N–H and O–H groups in total. The zero-order chi connectivity index (χ0) is 12.7. The number of hydroxylamine groups is 2. The maximum Gasteiger partial charge on any atom is 0.534 e. The Morgan fingerprint density at radius 1 is 1.18 bits per heavy atom. The third kappa shape index (κ3) is 4.39. The van der Waals surface area contributed by atoms with Crippen LogP contribution in [0, 0.1) is 0 Å². The SMILES string of the molecule is CCCOCCOC(=O)ON1C(=O)CCC1=O. The molecule has 1 aliphatic rings. The van der Waals surface area contributed by atoms with Crippen molar-refractivity contribution >= 4 is 18.0 Å². The summed E-state index contributed by atoms with van der Waals surface area (Å²) in [5, 5.41) is 0.440. The van der Waals surface area contributed by atoms with Gasteiger partial charge in [0.05, 0.1) is 6.61 Å². The molecule has 7 nitrogen and oxygen atoms in total. The Morgan fingerprint density at radius 2 is 1.82 bits per heavy atom. The second-order valence-corrected chi connectivity index (χ2v) is 3.38. The molecule has 0 aliphatic carbocycles. The maximum atomic E-state index is 11.1. The molecule has 0 aromatic heterocycles. The van der Waals surface area contributed by atoms with Crippen LogP contribution in [0.3, 0.4) is 0 Å². The third-order valence-electron chi connectivity index (χ3n) is 1.97. The Hall–Kier alpha value is -1.63. The summed E-state index contributed by atoms with van der Waals surface area (Å²) in [5.41, 5.74) is 0. The number of ether oxygens (including phenoxy) is 2. The highest BCUT2D eigenvalue weighted by atomic mass is 16.8. The highest BCUT2D eigenvalue weighted by Gasteiger charge is 2.33. The van der Waals surface area contributed by atoms with Gasteiger partial charge in [-0.15, -0.1) is 0 Å². The molecule has 0 aromatic carbocycles. The second-order valence-electron chi connectivity index (χ2n) is 3.38. The molecule has 0 unspecified atom stereocenters. The topological polar surface area (TPSA) is 82.1 Å². The molecule has 0 spiro atoms. The fourth-order valence-corrected chi connectivity index (χ4v) is 1.19. The van der Waals surface area contributed by atoms with Crippen LogP contribution in [0.2, 0.25) is 0 Å². The average molecular weight is 245 g/mol. The van der Waals surface area contributed by atoms with Crippen molar-refractivity contribution in [1.29, 1.82) is 0 Å². The summed E-state index contributed by atoms with van der Waals surface area (Å²) >= 11 is 0. The summed E-state index contributed by atoms with van der Waals surface area (Å²) < 4.78 is 9.68. The lowest BCUT2D eigenvalue weighted by Crippen LogP contribution is -2.32. The molecule has 17 heavy (non-hydrogen) atoms. The molecule has 0 saturated carbocycles. The van der Waals surface area contributed by atoms with Crippen LogP contribution in [-0.2, 0) is 23.9 Å². The third-order valence-corrected chi connectivity index (χ3v) is 1.97. The summed E-state index contributed by atoms with van der Waals surface area (Å²) in [6.45, 7) is 2.82. The van der Waals surface area contributed by atoms with E-state index in [2.05, 4.69) is 9.57 Å². The van der Waals surface area contributed by atoms with E-state index in [1.807, 2.05) is 6.92 Å². The number of imide groups is 1. The summed E-state index contributed by atoms with van der Waals surface area (Å²) in [7, 11) is 0. The first-order valence-electron chi connectivity index (χ1n) is 5.43. The Bertz CT molecular complexity index is 287. The van der Waals surface area contributed by atoms with E-state index in [9.17, 15) is 14.4 Å². The molecule has 0 bridgehead atoms. The van der Waals surface area contributed by atoms with E-state index in [0.717, 1.165) is 6.42 Å². The Kier molecular flexibility index (Phi) is 5.41. The van der Waals surface area contributed by atoms with Crippen LogP contribution in [0.5, 0.6) is 0 Å². The molecule has 1 fully saturated rings. The van der Waals surface area contributed by atoms with Crippen LogP contribution in [0.4, 0.5) is 4.79 Å². The highest BCUT2D eigenvalue weighted by Crippen LogP contribution is 2.12. The van der Waals surface area contributed by atoms with Gasteiger partial charge < -0.3 is 9.47 Å². The van der Waals surface area contributed by atoms with Crippen LogP contribution in [-0.4, -0.2) is 42.9 Å². The van der Waals surface area contributed by atoms with Gasteiger partial charge in [0.25, 0.3) is 11.8 Å². The first-order chi connectivity index (χ1) is 8.15. The molecule has 1 saturated heterocycles. The van der Waals surface area contributed by atoms with E-state index in [1.165, 1.54) is 0 Å². The minimum atomic E-state index is -1.08. The Labute approximate surface area is 98.6 Å². The van der Waals surface area contributed by atoms with Gasteiger partial charge in [0.1, 0.15) is 6.61 Å². The van der Waals surface area contributed by atoms with Crippen molar-refractivity contribution in [3.63, 3.8) is 0 Å². The molecule has 0 aromatic rings. The van der Waals surface area contributed by atoms with E-state index in [-0.39, 0.29) is 26.1 Å². The van der Waals surface area contributed by atoms with Gasteiger partial charge in [0.15, 0.2) is 0 Å². The summed E-state index contributed by atoms with van der Waals surface area (Å²) in [6.07, 6.45) is -0.0766. The lowest BCUT2D eigenvalue weighted by Gasteiger charge is -2.12. The van der Waals surface area contributed by atoms with Gasteiger partial charge in [-0.05, 0) is 6.42 Å². The molecule has 0 radical (unpaired) electrons. The van der Waals surface area contributed by atoms with Gasteiger partial charge in [-0.3, -0.25) is 14.4 Å². The first kappa shape index (κ1) is 13.4. The van der Waals surface area contributed by atoms with E-state index >= 15 is 0 Å². The van der Waals surface area contributed by atoms with Gasteiger partial charge >= 0.3 is 6.16 Å². The summed E-state index contributed by atoms with van der Waals surface area (Å²) in [6, 6.07) is 0. The minimum Gasteiger partial charge on any atom is -0.430 e. The molecule has 7 heteroatoms. The van der Waals surface area contributed by atoms with Crippen molar-refractivity contribution in [2.24, 2.45) is 0 Å². The van der Waals surface area contributed by atoms with Crippen LogP contribution in [0.15, 0.2) is 0 Å². The van der Waals surface area contributed by atoms with Gasteiger partial charge in [0.2, 0.25) is 0 Å². The number of carbonyl (C=O) groups excluding carboxylic acids is 3. The van der Waals surface area contributed by atoms with E-state index < -0.39 is 18.0 Å². The largest absolute Gasteiger partial charge is 0.534 e. The number of rotatable bonds is 6. The van der Waals surface area contributed by atoms with Gasteiger partial charge in [0, 0.05) is 19.4 Å². The number of nitrogens with zero attached hydrogens (tertiary/aromatic N) is 1. The van der Waals surface area contributed by atoms with Crippen LogP contribution in [0.25, 0.3) is 0 Å². The minimum absolute atomic E-state index is 0.0229. The van der Waals surface area contributed by atoms with Crippen LogP contribution >= 0.6 is 0 Å². The molecule has 1 aliphatic heterocycles. The molecular formula is C10H15NO6. The number of hydrogen-bond donors (Lipinski definition) is 0. The Balaban J connectivity index is 2.16. The maximum absolute atomic E-state index is 11.1. The van der Waals surface area contributed by atoms with Gasteiger partial charge in [-0.25, -0.2) is 4.79 Å². The molecule has 1 rings (SSSR count). The average Bonchev–Trinajstić information content (AvgIpc) is 2.60. The smallest absolute Gasteiger partial charge is 0.430 e. The normalized spacial score (nSPS) is 15.2. The second kappa shape index (κ2) is 6.85. The van der Waals surface area contributed by atoms with E-state index in [1.54, 1.807) is 0 Å². The molecule has 0 atom stereocenters. The van der Waals surface area contributed by atoms with Crippen molar-refractivity contribution < 1.29 is 28.7 Å². The fraction of sp³-hybridized carbons (Fsp3) is 0.700. The highest BCUT2D eigenvalue weighted by molar-refractivity contribution is 6.01. The number of hydrogen-bond acceptors (Lipinski definition) is 6. The van der Waals surface area contributed by atoms with Crippen molar-refractivity contribution in [3.05, 3.63) is 0 Å². The lowest BCUT2D eigenvalue weighted by molar-refractivity contribution is -0.177. The van der Waals surface area contributed by atoms with Crippen LogP contribution in [0.1, 0.15) is 26.2 Å². The molecule has 2 amide bonds. The first-order valence-corrected chi connectivity index (χ1v) is 5.43. The monoisotopic (exact) mass is 245 g/mol. The molecular weight excluding hydrogens is 230 g/mol. The zero-order valence-corrected chi connectivity index (χ0v) is 9.64. The summed E-state index contributed by atoms with van der Waals surface area (Å²) in [4.78, 5) is 37.7. The van der Waals surface area contributed by atoms with E-state index in [4.69, 9.17) is 4.74 Å². The van der Waals surface area contributed by atoms with Gasteiger partial charge in [-0.1, -0.05) is 12.0 Å². The van der Waals surface area contributed by atoms with Gasteiger partial charge in [-0.2, -0.15) is 0 Å². The van der Waals surface area contributed by atoms with Crippen molar-refractivity contribution in [2.45, 2.75) is 26.2 Å². The molecule has 1 heterocycles. The lowest BCUT2D eigenvalue weighted by atomic mass is 10.4. The van der Waals surface area contributed by atoms with Crippen LogP contribution < -0.4 is 0 Å². The standard InChI is InChI=1S/C10H15NO6/c1-2-5-15-6-7-16-10(14)17-11-8(12)3-4-9(11)13/h2-7H2,1H3. The van der Waals surface area contributed by atoms with E-state index in [0.29, 0.717) is 11.7 Å². The summed E-state index contributed by atoms with van der Waals surface area (Å²) in [5.74, 6) is -1.07. The Morgan fingerprint density at radius 3 is 2.41 bits per heavy atom. The number of amides is 2. The number of carbonyl (C=O) groups is 3. The zero-order valence-electron chi connectivity index (χ0n) is 9.64. The molecule has 96 valence electrons. The predicted octanol–water partition coefficient (Wildman–Crippen LogP) is 0.630. The predicted molar refractivity (Wildman–Crippen MR) is 54.6 cm³/mol. The quantitative estimate of drug-likeness (QED) is 0.388. The van der Waals surface area contributed by atoms with Crippen molar-refractivity contribution in [3.8, 4) is 0 Å². The van der Waals surface area contributed by atoms with Crippen molar-refractivity contribution in [1.82, 2.24) is 5.06 Å². The van der Waals surface area contributed by atoms with Crippen molar-refractivity contribution in [2.75, 3.05) is 19.8 Å². The fourth-order valence-electron chi connectivity index (χ4n) is 1.19.